The van der Waals surface area contributed by atoms with Gasteiger partial charge in [0.1, 0.15) is 11.6 Å². The van der Waals surface area contributed by atoms with Crippen molar-refractivity contribution >= 4 is 31.5 Å². The van der Waals surface area contributed by atoms with Crippen LogP contribution in [0.4, 0.5) is 10.1 Å². The summed E-state index contributed by atoms with van der Waals surface area (Å²) in [7, 11) is -2.24. The maximum atomic E-state index is 13.4. The summed E-state index contributed by atoms with van der Waals surface area (Å²) < 4.78 is 44.0. The van der Waals surface area contributed by atoms with Gasteiger partial charge >= 0.3 is 0 Å². The molecule has 0 bridgehead atoms. The normalized spacial score (nSPS) is 11.4. The predicted octanol–water partition coefficient (Wildman–Crippen LogP) is 3.15. The molecule has 7 heteroatoms. The van der Waals surface area contributed by atoms with Crippen LogP contribution in [-0.4, -0.2) is 15.5 Å². The van der Waals surface area contributed by atoms with E-state index < -0.39 is 15.7 Å². The van der Waals surface area contributed by atoms with Crippen molar-refractivity contribution < 1.29 is 17.5 Å². The highest BCUT2D eigenvalue weighted by atomic mass is 79.9. The third-order valence-corrected chi connectivity index (χ3v) is 5.08. The zero-order valence-electron chi connectivity index (χ0n) is 11.1. The molecule has 0 amide bonds. The molecule has 0 unspecified atom stereocenters. The van der Waals surface area contributed by atoms with Gasteiger partial charge in [-0.15, -0.1) is 0 Å². The Balaban J connectivity index is 2.41. The first-order chi connectivity index (χ1) is 9.83. The van der Waals surface area contributed by atoms with Crippen LogP contribution < -0.4 is 10.5 Å². The lowest BCUT2D eigenvalue weighted by Gasteiger charge is -2.10. The summed E-state index contributed by atoms with van der Waals surface area (Å²) in [6, 6.07) is 8.52. The molecule has 4 nitrogen and oxygen atoms in total. The quantitative estimate of drug-likeness (QED) is 0.835. The van der Waals surface area contributed by atoms with Crippen LogP contribution in [0.5, 0.6) is 5.75 Å². The van der Waals surface area contributed by atoms with Gasteiger partial charge in [0.25, 0.3) is 0 Å². The minimum absolute atomic E-state index is 0.0889. The number of halogens is 2. The van der Waals surface area contributed by atoms with E-state index >= 15 is 0 Å². The number of sulfone groups is 1. The van der Waals surface area contributed by atoms with Crippen molar-refractivity contribution in [3.8, 4) is 5.75 Å². The monoisotopic (exact) mass is 373 g/mol. The number of ether oxygens (including phenoxy) is 1. The van der Waals surface area contributed by atoms with Crippen molar-refractivity contribution in [2.24, 2.45) is 0 Å². The van der Waals surface area contributed by atoms with Gasteiger partial charge in [0.15, 0.2) is 9.84 Å². The van der Waals surface area contributed by atoms with E-state index in [-0.39, 0.29) is 16.3 Å². The number of hydrogen-bond acceptors (Lipinski definition) is 4. The number of nitrogens with two attached hydrogens (primary N) is 1. The molecule has 21 heavy (non-hydrogen) atoms. The highest BCUT2D eigenvalue weighted by molar-refractivity contribution is 9.10. The van der Waals surface area contributed by atoms with Crippen LogP contribution >= 0.6 is 15.9 Å². The summed E-state index contributed by atoms with van der Waals surface area (Å²) in [5, 5.41) is 0. The van der Waals surface area contributed by atoms with E-state index in [4.69, 9.17) is 10.5 Å². The van der Waals surface area contributed by atoms with E-state index in [2.05, 4.69) is 15.9 Å². The second-order valence-corrected chi connectivity index (χ2v) is 7.30. The van der Waals surface area contributed by atoms with Crippen molar-refractivity contribution in [1.82, 2.24) is 0 Å². The Morgan fingerprint density at radius 3 is 2.57 bits per heavy atom. The lowest BCUT2D eigenvalue weighted by Crippen LogP contribution is -2.07. The van der Waals surface area contributed by atoms with Crippen LogP contribution in [-0.2, 0) is 15.6 Å². The summed E-state index contributed by atoms with van der Waals surface area (Å²) in [5.41, 5.74) is 5.76. The second-order valence-electron chi connectivity index (χ2n) is 4.40. The highest BCUT2D eigenvalue weighted by Gasteiger charge is 2.19. The molecular weight excluding hydrogens is 361 g/mol. The average molecular weight is 374 g/mol. The molecule has 0 spiro atoms. The van der Waals surface area contributed by atoms with Crippen LogP contribution in [0.15, 0.2) is 45.8 Å². The molecule has 0 aliphatic heterocycles. The van der Waals surface area contributed by atoms with E-state index in [1.165, 1.54) is 19.2 Å². The van der Waals surface area contributed by atoms with Crippen molar-refractivity contribution in [3.05, 3.63) is 52.3 Å². The topological polar surface area (TPSA) is 69.4 Å². The molecule has 0 heterocycles. The molecule has 112 valence electrons. The first-order valence-electron chi connectivity index (χ1n) is 5.93. The molecule has 0 atom stereocenters. The summed E-state index contributed by atoms with van der Waals surface area (Å²) >= 11 is 3.28. The van der Waals surface area contributed by atoms with Gasteiger partial charge in [-0.25, -0.2) is 12.8 Å². The SMILES string of the molecule is COc1ccc(Br)cc1CS(=O)(=O)c1ccc(N)c(F)c1. The van der Waals surface area contributed by atoms with Crippen molar-refractivity contribution in [2.75, 3.05) is 12.8 Å². The van der Waals surface area contributed by atoms with Crippen LogP contribution in [0.25, 0.3) is 0 Å². The summed E-state index contributed by atoms with van der Waals surface area (Å²) in [6.45, 7) is 0. The molecule has 0 saturated carbocycles. The number of anilines is 1. The Bertz CT molecular complexity index is 778. The molecule has 2 aromatic rings. The lowest BCUT2D eigenvalue weighted by molar-refractivity contribution is 0.411. The minimum atomic E-state index is -3.70. The van der Waals surface area contributed by atoms with Crippen LogP contribution in [0, 0.1) is 5.82 Å². The zero-order chi connectivity index (χ0) is 15.6. The van der Waals surface area contributed by atoms with Gasteiger partial charge in [0.2, 0.25) is 0 Å². The van der Waals surface area contributed by atoms with Crippen molar-refractivity contribution in [2.45, 2.75) is 10.6 Å². The molecule has 0 radical (unpaired) electrons. The maximum Gasteiger partial charge on any atom is 0.182 e. The Morgan fingerprint density at radius 1 is 1.24 bits per heavy atom. The molecule has 2 N–H and O–H groups in total. The Morgan fingerprint density at radius 2 is 1.95 bits per heavy atom. The van der Waals surface area contributed by atoms with Gasteiger partial charge in [-0.3, -0.25) is 0 Å². The van der Waals surface area contributed by atoms with Crippen LogP contribution in [0.1, 0.15) is 5.56 Å². The third kappa shape index (κ3) is 3.54. The largest absolute Gasteiger partial charge is 0.496 e. The van der Waals surface area contributed by atoms with Gasteiger partial charge < -0.3 is 10.5 Å². The molecule has 0 aliphatic carbocycles. The number of rotatable bonds is 4. The van der Waals surface area contributed by atoms with E-state index in [0.29, 0.717) is 11.3 Å². The average Bonchev–Trinajstić information content (AvgIpc) is 2.41. The Hall–Kier alpha value is -1.60. The fraction of sp³-hybridized carbons (Fsp3) is 0.143. The maximum absolute atomic E-state index is 13.4. The van der Waals surface area contributed by atoms with E-state index in [0.717, 1.165) is 10.5 Å². The molecular formula is C14H13BrFNO3S. The van der Waals surface area contributed by atoms with Gasteiger partial charge in [0, 0.05) is 10.0 Å². The highest BCUT2D eigenvalue weighted by Crippen LogP contribution is 2.27. The minimum Gasteiger partial charge on any atom is -0.496 e. The van der Waals surface area contributed by atoms with Crippen molar-refractivity contribution in [3.63, 3.8) is 0 Å². The fourth-order valence-electron chi connectivity index (χ4n) is 1.85. The van der Waals surface area contributed by atoms with Crippen LogP contribution in [0.2, 0.25) is 0 Å². The number of nitrogen functional groups attached to an aromatic ring is 1. The standard InChI is InChI=1S/C14H13BrFNO3S/c1-20-14-5-2-10(15)6-9(14)8-21(18,19)11-3-4-13(17)12(16)7-11/h2-7H,8,17H2,1H3. The van der Waals surface area contributed by atoms with E-state index in [9.17, 15) is 12.8 Å². The predicted molar refractivity (Wildman–Crippen MR) is 82.4 cm³/mol. The summed E-state index contributed by atoms with van der Waals surface area (Å²) in [5.74, 6) is -0.589. The smallest absolute Gasteiger partial charge is 0.182 e. The molecule has 0 saturated heterocycles. The van der Waals surface area contributed by atoms with E-state index in [1.54, 1.807) is 18.2 Å². The summed E-state index contributed by atoms with van der Waals surface area (Å²) in [4.78, 5) is -0.115. The Kier molecular flexibility index (Phi) is 4.53. The van der Waals surface area contributed by atoms with Gasteiger partial charge in [0.05, 0.1) is 23.4 Å². The zero-order valence-corrected chi connectivity index (χ0v) is 13.5. The van der Waals surface area contributed by atoms with Gasteiger partial charge in [-0.1, -0.05) is 15.9 Å². The Labute approximate surface area is 130 Å². The second kappa shape index (κ2) is 6.03. The van der Waals surface area contributed by atoms with Gasteiger partial charge in [-0.2, -0.15) is 0 Å². The number of benzene rings is 2. The molecule has 0 aromatic heterocycles. The lowest BCUT2D eigenvalue weighted by atomic mass is 10.2. The number of hydrogen-bond donors (Lipinski definition) is 1. The molecule has 0 fully saturated rings. The van der Waals surface area contributed by atoms with Gasteiger partial charge in [-0.05, 0) is 36.4 Å². The van der Waals surface area contributed by atoms with Crippen molar-refractivity contribution in [1.29, 1.82) is 0 Å². The van der Waals surface area contributed by atoms with Crippen LogP contribution in [0.3, 0.4) is 0 Å². The molecule has 2 rings (SSSR count). The summed E-state index contributed by atoms with van der Waals surface area (Å²) in [6.07, 6.45) is 0. The molecule has 0 aliphatic rings. The first kappa shape index (κ1) is 15.8. The van der Waals surface area contributed by atoms with E-state index in [1.807, 2.05) is 0 Å². The number of methoxy groups -OCH3 is 1. The molecule has 2 aromatic carbocycles. The fourth-order valence-corrected chi connectivity index (χ4v) is 3.62. The first-order valence-corrected chi connectivity index (χ1v) is 8.38. The third-order valence-electron chi connectivity index (χ3n) is 2.92.